The summed E-state index contributed by atoms with van der Waals surface area (Å²) in [5.41, 5.74) is 2.34. The van der Waals surface area contributed by atoms with Crippen molar-refractivity contribution in [2.45, 2.75) is 45.6 Å². The van der Waals surface area contributed by atoms with Crippen molar-refractivity contribution in [3.63, 3.8) is 0 Å². The van der Waals surface area contributed by atoms with E-state index < -0.39 is 0 Å². The molecule has 1 N–H and O–H groups in total. The van der Waals surface area contributed by atoms with Crippen LogP contribution in [0.3, 0.4) is 0 Å². The summed E-state index contributed by atoms with van der Waals surface area (Å²) in [5.74, 6) is 0.560. The van der Waals surface area contributed by atoms with E-state index in [-0.39, 0.29) is 17.8 Å². The first-order chi connectivity index (χ1) is 12.5. The molecule has 2 aromatic heterocycles. The van der Waals surface area contributed by atoms with Gasteiger partial charge in [0.25, 0.3) is 0 Å². The molecule has 4 rings (SSSR count). The highest BCUT2D eigenvalue weighted by Crippen LogP contribution is 2.31. The molecule has 0 aliphatic carbocycles. The number of nitrogens with zero attached hydrogens (tertiary/aromatic N) is 3. The Kier molecular flexibility index (Phi) is 4.48. The first-order valence-electron chi connectivity index (χ1n) is 8.89. The maximum Gasteiger partial charge on any atom is 0.228 e. The number of rotatable bonds is 3. The van der Waals surface area contributed by atoms with E-state index in [1.165, 1.54) is 12.1 Å². The monoisotopic (exact) mass is 372 g/mol. The Balaban J connectivity index is 1.60. The van der Waals surface area contributed by atoms with Crippen LogP contribution in [0.2, 0.25) is 0 Å². The minimum atomic E-state index is -0.291. The largest absolute Gasteiger partial charge is 0.340 e. The molecular formula is C19H21FN4OS. The van der Waals surface area contributed by atoms with Gasteiger partial charge < -0.3 is 9.88 Å². The molecule has 3 heterocycles. The van der Waals surface area contributed by atoms with Gasteiger partial charge in [0.2, 0.25) is 5.91 Å². The molecule has 3 aromatic rings. The summed E-state index contributed by atoms with van der Waals surface area (Å²) in [7, 11) is 0. The number of carbonyl (C=O) groups is 1. The minimum absolute atomic E-state index is 0.0824. The van der Waals surface area contributed by atoms with Crippen LogP contribution < -0.4 is 0 Å². The highest BCUT2D eigenvalue weighted by atomic mass is 32.1. The first-order valence-corrected chi connectivity index (χ1v) is 9.70. The number of amides is 1. The lowest BCUT2D eigenvalue weighted by Gasteiger charge is -2.34. The van der Waals surface area contributed by atoms with Gasteiger partial charge in [-0.25, -0.2) is 14.4 Å². The number of hydrogen-bond acceptors (Lipinski definition) is 4. The fourth-order valence-electron chi connectivity index (χ4n) is 3.65. The maximum absolute atomic E-state index is 13.5. The van der Waals surface area contributed by atoms with E-state index in [9.17, 15) is 9.18 Å². The van der Waals surface area contributed by atoms with Crippen LogP contribution in [0.25, 0.3) is 11.0 Å². The Morgan fingerprint density at radius 3 is 2.96 bits per heavy atom. The molecule has 5 nitrogen and oxygen atoms in total. The number of halogens is 1. The van der Waals surface area contributed by atoms with Crippen molar-refractivity contribution in [3.8, 4) is 0 Å². The Hall–Kier alpha value is -2.28. The second-order valence-corrected chi connectivity index (χ2v) is 8.09. The van der Waals surface area contributed by atoms with Gasteiger partial charge in [-0.15, -0.1) is 11.3 Å². The van der Waals surface area contributed by atoms with Crippen molar-refractivity contribution in [1.82, 2.24) is 19.9 Å². The molecular weight excluding hydrogens is 351 g/mol. The number of aromatic amines is 1. The maximum atomic E-state index is 13.5. The molecule has 1 amide bonds. The van der Waals surface area contributed by atoms with Crippen LogP contribution >= 0.6 is 11.3 Å². The molecule has 0 bridgehead atoms. The van der Waals surface area contributed by atoms with Gasteiger partial charge >= 0.3 is 0 Å². The topological polar surface area (TPSA) is 61.9 Å². The zero-order valence-corrected chi connectivity index (χ0v) is 15.7. The van der Waals surface area contributed by atoms with Crippen LogP contribution in [-0.2, 0) is 11.2 Å². The summed E-state index contributed by atoms with van der Waals surface area (Å²) >= 11 is 1.59. The van der Waals surface area contributed by atoms with E-state index in [4.69, 9.17) is 0 Å². The number of nitrogens with one attached hydrogen (secondary N) is 1. The van der Waals surface area contributed by atoms with Gasteiger partial charge in [0.05, 0.1) is 34.2 Å². The minimum Gasteiger partial charge on any atom is -0.340 e. The van der Waals surface area contributed by atoms with Crippen molar-refractivity contribution in [2.75, 3.05) is 6.54 Å². The normalized spacial score (nSPS) is 17.8. The molecule has 1 fully saturated rings. The van der Waals surface area contributed by atoms with Crippen molar-refractivity contribution < 1.29 is 9.18 Å². The van der Waals surface area contributed by atoms with E-state index in [1.807, 2.05) is 18.7 Å². The van der Waals surface area contributed by atoms with Crippen LogP contribution in [0.1, 0.15) is 46.7 Å². The van der Waals surface area contributed by atoms with Crippen LogP contribution in [-0.4, -0.2) is 32.3 Å². The van der Waals surface area contributed by atoms with Gasteiger partial charge in [-0.3, -0.25) is 4.79 Å². The molecule has 1 atom stereocenters. The van der Waals surface area contributed by atoms with Gasteiger partial charge in [-0.05, 0) is 51.3 Å². The van der Waals surface area contributed by atoms with Crippen LogP contribution in [0.5, 0.6) is 0 Å². The molecule has 1 aliphatic heterocycles. The summed E-state index contributed by atoms with van der Waals surface area (Å²) in [5, 5.41) is 0.986. The second kappa shape index (κ2) is 6.79. The summed E-state index contributed by atoms with van der Waals surface area (Å²) in [4.78, 5) is 28.2. The number of piperidine rings is 1. The summed E-state index contributed by atoms with van der Waals surface area (Å²) in [6.07, 6.45) is 3.30. The zero-order valence-electron chi connectivity index (χ0n) is 14.9. The second-order valence-electron chi connectivity index (χ2n) is 6.80. The van der Waals surface area contributed by atoms with Crippen LogP contribution in [0.15, 0.2) is 18.2 Å². The number of fused-ring (bicyclic) bond motifs is 1. The lowest BCUT2D eigenvalue weighted by molar-refractivity contribution is -0.134. The summed E-state index contributed by atoms with van der Waals surface area (Å²) in [6, 6.07) is 4.44. The molecule has 1 aromatic carbocycles. The highest BCUT2D eigenvalue weighted by molar-refractivity contribution is 7.11. The number of aryl methyl sites for hydroxylation is 2. The standard InChI is InChI=1S/C19H21FN4OS/c1-11-17(26-12(2)21-11)10-18(25)24-8-4-3-5-16(24)19-22-14-7-6-13(20)9-15(14)23-19/h6-7,9,16H,3-5,8,10H2,1-2H3,(H,22,23)/t16-/m0/s1. The molecule has 7 heteroatoms. The Morgan fingerprint density at radius 2 is 2.19 bits per heavy atom. The zero-order chi connectivity index (χ0) is 18.3. The third-order valence-electron chi connectivity index (χ3n) is 4.91. The summed E-state index contributed by atoms with van der Waals surface area (Å²) in [6.45, 7) is 4.64. The lowest BCUT2D eigenvalue weighted by atomic mass is 10.0. The number of likely N-dealkylation sites (tertiary alicyclic amines) is 1. The van der Waals surface area contributed by atoms with Crippen molar-refractivity contribution in [2.24, 2.45) is 0 Å². The molecule has 1 saturated heterocycles. The molecule has 0 unspecified atom stereocenters. The molecule has 136 valence electrons. The van der Waals surface area contributed by atoms with Crippen molar-refractivity contribution in [3.05, 3.63) is 45.4 Å². The highest BCUT2D eigenvalue weighted by Gasteiger charge is 2.30. The molecule has 1 aliphatic rings. The molecule has 0 radical (unpaired) electrons. The number of H-pyrrole nitrogens is 1. The molecule has 0 saturated carbocycles. The predicted molar refractivity (Wildman–Crippen MR) is 99.6 cm³/mol. The number of benzene rings is 1. The summed E-state index contributed by atoms with van der Waals surface area (Å²) < 4.78 is 13.5. The lowest BCUT2D eigenvalue weighted by Crippen LogP contribution is -2.39. The van der Waals surface area contributed by atoms with E-state index in [2.05, 4.69) is 15.0 Å². The van der Waals surface area contributed by atoms with Crippen molar-refractivity contribution in [1.29, 1.82) is 0 Å². The van der Waals surface area contributed by atoms with Gasteiger partial charge in [-0.2, -0.15) is 0 Å². The number of carbonyl (C=O) groups excluding carboxylic acids is 1. The van der Waals surface area contributed by atoms with Gasteiger partial charge in [-0.1, -0.05) is 0 Å². The number of thiazole rings is 1. The van der Waals surface area contributed by atoms with Crippen molar-refractivity contribution >= 4 is 28.3 Å². The van der Waals surface area contributed by atoms with Crippen LogP contribution in [0, 0.1) is 19.7 Å². The van der Waals surface area contributed by atoms with Crippen LogP contribution in [0.4, 0.5) is 4.39 Å². The molecule has 0 spiro atoms. The quantitative estimate of drug-likeness (QED) is 0.754. The van der Waals surface area contributed by atoms with E-state index >= 15 is 0 Å². The first kappa shape index (κ1) is 17.1. The third kappa shape index (κ3) is 3.23. The predicted octanol–water partition coefficient (Wildman–Crippen LogP) is 4.07. The van der Waals surface area contributed by atoms with E-state index in [1.54, 1.807) is 17.4 Å². The van der Waals surface area contributed by atoms with Gasteiger partial charge in [0, 0.05) is 11.4 Å². The Morgan fingerprint density at radius 1 is 1.35 bits per heavy atom. The SMILES string of the molecule is Cc1nc(C)c(CC(=O)N2CCCC[C@H]2c2nc3ccc(F)cc3[nH]2)s1. The fraction of sp³-hybridized carbons (Fsp3) is 0.421. The average molecular weight is 372 g/mol. The number of aromatic nitrogens is 3. The average Bonchev–Trinajstić information content (AvgIpc) is 3.17. The number of hydrogen-bond donors (Lipinski definition) is 1. The van der Waals surface area contributed by atoms with E-state index in [0.717, 1.165) is 52.7 Å². The Bertz CT molecular complexity index is 964. The third-order valence-corrected chi connectivity index (χ3v) is 5.99. The number of imidazole rings is 1. The van der Waals surface area contributed by atoms with Gasteiger partial charge in [0.1, 0.15) is 11.6 Å². The van der Waals surface area contributed by atoms with E-state index in [0.29, 0.717) is 11.9 Å². The Labute approximate surface area is 155 Å². The smallest absolute Gasteiger partial charge is 0.228 e. The molecule has 26 heavy (non-hydrogen) atoms. The fourth-order valence-corrected chi connectivity index (χ4v) is 4.58. The van der Waals surface area contributed by atoms with Gasteiger partial charge in [0.15, 0.2) is 0 Å².